The SMILES string of the molecule is Cn1nnnc1SCC(=O)N1CCN(C(=O)[C@H]2C[C@@H]2c2ccccc2)CC1. The van der Waals surface area contributed by atoms with Crippen molar-refractivity contribution in [2.75, 3.05) is 31.9 Å². The Morgan fingerprint density at radius 2 is 1.81 bits per heavy atom. The van der Waals surface area contributed by atoms with Gasteiger partial charge in [0, 0.05) is 39.1 Å². The first-order chi connectivity index (χ1) is 13.1. The average molecular weight is 386 g/mol. The molecular formula is C18H22N6O2S. The molecule has 2 atom stereocenters. The molecule has 142 valence electrons. The van der Waals surface area contributed by atoms with Crippen molar-refractivity contribution in [2.45, 2.75) is 17.5 Å². The van der Waals surface area contributed by atoms with Crippen molar-refractivity contribution in [1.29, 1.82) is 0 Å². The molecule has 2 aliphatic rings. The third-order valence-corrected chi connectivity index (χ3v) is 6.18. The van der Waals surface area contributed by atoms with Gasteiger partial charge in [0.15, 0.2) is 0 Å². The Morgan fingerprint density at radius 3 is 2.48 bits per heavy atom. The molecule has 1 aliphatic carbocycles. The van der Waals surface area contributed by atoms with Gasteiger partial charge in [-0.3, -0.25) is 9.59 Å². The van der Waals surface area contributed by atoms with Gasteiger partial charge in [0.1, 0.15) is 0 Å². The van der Waals surface area contributed by atoms with E-state index in [4.69, 9.17) is 0 Å². The molecule has 2 amide bonds. The standard InChI is InChI=1S/C18H22N6O2S/c1-22-18(19-20-21-22)27-12-16(25)23-7-9-24(10-8-23)17(26)15-11-14(15)13-5-3-2-4-6-13/h2-6,14-15H,7-12H2,1H3/t14-,15+/m1/s1. The number of aryl methyl sites for hydroxylation is 1. The lowest BCUT2D eigenvalue weighted by Crippen LogP contribution is -2.51. The predicted octanol–water partition coefficient (Wildman–Crippen LogP) is 0.777. The van der Waals surface area contributed by atoms with Gasteiger partial charge in [0.2, 0.25) is 17.0 Å². The molecule has 8 nitrogen and oxygen atoms in total. The number of carbonyl (C=O) groups excluding carboxylic acids is 2. The lowest BCUT2D eigenvalue weighted by Gasteiger charge is -2.35. The van der Waals surface area contributed by atoms with E-state index in [1.165, 1.54) is 17.3 Å². The van der Waals surface area contributed by atoms with Crippen LogP contribution in [0.2, 0.25) is 0 Å². The molecule has 2 heterocycles. The van der Waals surface area contributed by atoms with Crippen molar-refractivity contribution in [1.82, 2.24) is 30.0 Å². The summed E-state index contributed by atoms with van der Waals surface area (Å²) >= 11 is 1.33. The summed E-state index contributed by atoms with van der Waals surface area (Å²) in [5.74, 6) is 1.06. The molecule has 9 heteroatoms. The maximum atomic E-state index is 12.7. The minimum atomic E-state index is 0.0590. The molecule has 27 heavy (non-hydrogen) atoms. The smallest absolute Gasteiger partial charge is 0.233 e. The number of hydrogen-bond acceptors (Lipinski definition) is 6. The molecule has 0 unspecified atom stereocenters. The van der Waals surface area contributed by atoms with Gasteiger partial charge in [0.25, 0.3) is 0 Å². The predicted molar refractivity (Wildman–Crippen MR) is 100.0 cm³/mol. The minimum Gasteiger partial charge on any atom is -0.339 e. The molecule has 0 bridgehead atoms. The number of benzene rings is 1. The second-order valence-electron chi connectivity index (χ2n) is 6.94. The zero-order valence-corrected chi connectivity index (χ0v) is 16.0. The molecule has 1 aromatic carbocycles. The molecule has 0 spiro atoms. The Balaban J connectivity index is 1.24. The lowest BCUT2D eigenvalue weighted by molar-refractivity contribution is -0.139. The second kappa shape index (κ2) is 7.67. The highest BCUT2D eigenvalue weighted by Gasteiger charge is 2.46. The maximum Gasteiger partial charge on any atom is 0.233 e. The van der Waals surface area contributed by atoms with Crippen LogP contribution < -0.4 is 0 Å². The third kappa shape index (κ3) is 3.97. The topological polar surface area (TPSA) is 84.2 Å². The van der Waals surface area contributed by atoms with Crippen LogP contribution in [0.1, 0.15) is 17.9 Å². The monoisotopic (exact) mass is 386 g/mol. The highest BCUT2D eigenvalue weighted by Crippen LogP contribution is 2.48. The summed E-state index contributed by atoms with van der Waals surface area (Å²) in [6.07, 6.45) is 0.935. The third-order valence-electron chi connectivity index (χ3n) is 5.19. The largest absolute Gasteiger partial charge is 0.339 e. The van der Waals surface area contributed by atoms with Crippen molar-refractivity contribution in [3.05, 3.63) is 35.9 Å². The molecule has 0 radical (unpaired) electrons. The van der Waals surface area contributed by atoms with E-state index >= 15 is 0 Å². The summed E-state index contributed by atoms with van der Waals surface area (Å²) in [5.41, 5.74) is 1.25. The Labute approximate surface area is 161 Å². The van der Waals surface area contributed by atoms with Crippen molar-refractivity contribution in [2.24, 2.45) is 13.0 Å². The number of aromatic nitrogens is 4. The second-order valence-corrected chi connectivity index (χ2v) is 7.88. The first kappa shape index (κ1) is 18.0. The van der Waals surface area contributed by atoms with Crippen LogP contribution in [0, 0.1) is 5.92 Å². The summed E-state index contributed by atoms with van der Waals surface area (Å²) in [7, 11) is 1.75. The van der Waals surface area contributed by atoms with Crippen LogP contribution in [0.25, 0.3) is 0 Å². The molecule has 0 N–H and O–H groups in total. The number of carbonyl (C=O) groups is 2. The van der Waals surface area contributed by atoms with Gasteiger partial charge >= 0.3 is 0 Å². The zero-order chi connectivity index (χ0) is 18.8. The van der Waals surface area contributed by atoms with Crippen LogP contribution in [-0.4, -0.2) is 73.8 Å². The van der Waals surface area contributed by atoms with Crippen LogP contribution >= 0.6 is 11.8 Å². The summed E-state index contributed by atoms with van der Waals surface area (Å²) in [5, 5.41) is 11.8. The number of nitrogens with zero attached hydrogens (tertiary/aromatic N) is 6. The summed E-state index contributed by atoms with van der Waals surface area (Å²) < 4.78 is 1.55. The van der Waals surface area contributed by atoms with Crippen LogP contribution in [-0.2, 0) is 16.6 Å². The van der Waals surface area contributed by atoms with Gasteiger partial charge in [-0.1, -0.05) is 42.1 Å². The van der Waals surface area contributed by atoms with Crippen molar-refractivity contribution in [3.63, 3.8) is 0 Å². The number of thioether (sulfide) groups is 1. The van der Waals surface area contributed by atoms with Crippen molar-refractivity contribution in [3.8, 4) is 0 Å². The lowest BCUT2D eigenvalue weighted by atomic mass is 10.1. The van der Waals surface area contributed by atoms with E-state index in [-0.39, 0.29) is 17.7 Å². The van der Waals surface area contributed by atoms with Gasteiger partial charge in [-0.25, -0.2) is 4.68 Å². The van der Waals surface area contributed by atoms with Crippen LogP contribution in [0.4, 0.5) is 0 Å². The molecule has 1 aromatic heterocycles. The summed E-state index contributed by atoms with van der Waals surface area (Å²) in [6, 6.07) is 10.2. The Bertz CT molecular complexity index is 818. The fraction of sp³-hybridized carbons (Fsp3) is 0.500. The van der Waals surface area contributed by atoms with E-state index in [1.54, 1.807) is 11.7 Å². The quantitative estimate of drug-likeness (QED) is 0.706. The molecule has 1 saturated heterocycles. The number of amides is 2. The van der Waals surface area contributed by atoms with E-state index in [0.717, 1.165) is 6.42 Å². The number of tetrazole rings is 1. The summed E-state index contributed by atoms with van der Waals surface area (Å²) in [6.45, 7) is 2.40. The Kier molecular flexibility index (Phi) is 5.11. The van der Waals surface area contributed by atoms with Gasteiger partial charge in [-0.2, -0.15) is 0 Å². The van der Waals surface area contributed by atoms with Crippen LogP contribution in [0.5, 0.6) is 0 Å². The molecular weight excluding hydrogens is 364 g/mol. The number of rotatable bonds is 5. The van der Waals surface area contributed by atoms with Crippen molar-refractivity contribution >= 4 is 23.6 Å². The van der Waals surface area contributed by atoms with Crippen LogP contribution in [0.15, 0.2) is 35.5 Å². The Morgan fingerprint density at radius 1 is 1.11 bits per heavy atom. The average Bonchev–Trinajstić information content (AvgIpc) is 3.41. The van der Waals surface area contributed by atoms with E-state index in [2.05, 4.69) is 27.7 Å². The number of piperazine rings is 1. The van der Waals surface area contributed by atoms with E-state index in [0.29, 0.717) is 43.0 Å². The fourth-order valence-corrected chi connectivity index (χ4v) is 4.26. The highest BCUT2D eigenvalue weighted by atomic mass is 32.2. The van der Waals surface area contributed by atoms with Crippen molar-refractivity contribution < 1.29 is 9.59 Å². The first-order valence-electron chi connectivity index (χ1n) is 9.10. The van der Waals surface area contributed by atoms with Gasteiger partial charge in [0.05, 0.1) is 5.75 Å². The van der Waals surface area contributed by atoms with E-state index in [1.807, 2.05) is 28.0 Å². The molecule has 4 rings (SSSR count). The molecule has 2 fully saturated rings. The Hall–Kier alpha value is -2.42. The summed E-state index contributed by atoms with van der Waals surface area (Å²) in [4.78, 5) is 28.9. The van der Waals surface area contributed by atoms with E-state index in [9.17, 15) is 9.59 Å². The first-order valence-corrected chi connectivity index (χ1v) is 10.1. The zero-order valence-electron chi connectivity index (χ0n) is 15.2. The van der Waals surface area contributed by atoms with Gasteiger partial charge in [-0.15, -0.1) is 5.10 Å². The van der Waals surface area contributed by atoms with Gasteiger partial charge < -0.3 is 9.80 Å². The molecule has 1 saturated carbocycles. The maximum absolute atomic E-state index is 12.7. The minimum absolute atomic E-state index is 0.0590. The number of hydrogen-bond donors (Lipinski definition) is 0. The molecule has 1 aliphatic heterocycles. The highest BCUT2D eigenvalue weighted by molar-refractivity contribution is 7.99. The molecule has 2 aromatic rings. The normalized spacial score (nSPS) is 22.0. The van der Waals surface area contributed by atoms with Gasteiger partial charge in [-0.05, 0) is 28.3 Å². The fourth-order valence-electron chi connectivity index (χ4n) is 3.51. The van der Waals surface area contributed by atoms with E-state index < -0.39 is 0 Å². The van der Waals surface area contributed by atoms with Crippen LogP contribution in [0.3, 0.4) is 0 Å².